The van der Waals surface area contributed by atoms with Crippen molar-refractivity contribution in [3.05, 3.63) is 0 Å². The van der Waals surface area contributed by atoms with E-state index in [9.17, 15) is 4.79 Å². The average Bonchev–Trinajstić information content (AvgIpc) is 2.47. The van der Waals surface area contributed by atoms with Crippen LogP contribution in [-0.4, -0.2) is 49.1 Å². The normalized spacial score (nSPS) is 26.9. The van der Waals surface area contributed by atoms with Crippen molar-refractivity contribution in [3.8, 4) is 0 Å². The number of hydrogen-bond donors (Lipinski definition) is 2. The quantitative estimate of drug-likeness (QED) is 0.793. The highest BCUT2D eigenvalue weighted by Crippen LogP contribution is 2.12. The van der Waals surface area contributed by atoms with Crippen molar-refractivity contribution in [2.75, 3.05) is 26.2 Å². The van der Waals surface area contributed by atoms with Crippen LogP contribution in [0.15, 0.2) is 0 Å². The van der Waals surface area contributed by atoms with E-state index in [1.165, 1.54) is 45.2 Å². The van der Waals surface area contributed by atoms with Gasteiger partial charge in [-0.05, 0) is 52.2 Å². The molecule has 2 fully saturated rings. The predicted molar refractivity (Wildman–Crippen MR) is 78.2 cm³/mol. The van der Waals surface area contributed by atoms with Crippen LogP contribution >= 0.6 is 0 Å². The van der Waals surface area contributed by atoms with Crippen molar-refractivity contribution in [2.24, 2.45) is 0 Å². The van der Waals surface area contributed by atoms with Gasteiger partial charge in [0.25, 0.3) is 0 Å². The third-order valence-electron chi connectivity index (χ3n) is 4.45. The summed E-state index contributed by atoms with van der Waals surface area (Å²) in [5.74, 6) is 0.211. The van der Waals surface area contributed by atoms with E-state index >= 15 is 0 Å². The zero-order valence-corrected chi connectivity index (χ0v) is 12.3. The Morgan fingerprint density at radius 1 is 1.26 bits per heavy atom. The van der Waals surface area contributed by atoms with Crippen molar-refractivity contribution < 1.29 is 4.79 Å². The highest BCUT2D eigenvalue weighted by Gasteiger charge is 2.19. The summed E-state index contributed by atoms with van der Waals surface area (Å²) in [5.41, 5.74) is 0. The second kappa shape index (κ2) is 7.85. The zero-order valence-electron chi connectivity index (χ0n) is 12.3. The number of nitrogens with one attached hydrogen (secondary N) is 2. The Hall–Kier alpha value is -0.610. The van der Waals surface area contributed by atoms with E-state index in [1.807, 2.05) is 0 Å². The molecule has 2 N–H and O–H groups in total. The first kappa shape index (κ1) is 14.8. The molecule has 0 aromatic carbocycles. The number of piperidine rings is 2. The molecule has 0 aromatic rings. The first-order chi connectivity index (χ1) is 9.25. The maximum Gasteiger partial charge on any atom is 0.221 e. The monoisotopic (exact) mass is 267 g/mol. The lowest BCUT2D eigenvalue weighted by Gasteiger charge is -2.32. The maximum absolute atomic E-state index is 11.9. The molecule has 0 saturated carbocycles. The Bertz CT molecular complexity index is 271. The number of carbonyl (C=O) groups is 1. The molecule has 2 aliphatic heterocycles. The second-order valence-corrected chi connectivity index (χ2v) is 6.10. The van der Waals surface area contributed by atoms with E-state index in [-0.39, 0.29) is 5.91 Å². The number of amides is 1. The van der Waals surface area contributed by atoms with Gasteiger partial charge in [0.15, 0.2) is 0 Å². The lowest BCUT2D eigenvalue weighted by atomic mass is 10.0. The first-order valence-electron chi connectivity index (χ1n) is 8.00. The van der Waals surface area contributed by atoms with Crippen LogP contribution in [0, 0.1) is 0 Å². The largest absolute Gasteiger partial charge is 0.354 e. The van der Waals surface area contributed by atoms with Crippen LogP contribution in [0.3, 0.4) is 0 Å². The van der Waals surface area contributed by atoms with Gasteiger partial charge < -0.3 is 10.6 Å². The summed E-state index contributed by atoms with van der Waals surface area (Å²) in [6.45, 7) is 6.49. The summed E-state index contributed by atoms with van der Waals surface area (Å²) in [5, 5.41) is 6.54. The van der Waals surface area contributed by atoms with Gasteiger partial charge >= 0.3 is 0 Å². The van der Waals surface area contributed by atoms with Gasteiger partial charge in [-0.1, -0.05) is 12.8 Å². The Kier molecular flexibility index (Phi) is 6.11. The Labute approximate surface area is 117 Å². The third kappa shape index (κ3) is 5.11. The van der Waals surface area contributed by atoms with Gasteiger partial charge in [0.05, 0.1) is 0 Å². The fourth-order valence-corrected chi connectivity index (χ4v) is 3.14. The molecule has 0 radical (unpaired) electrons. The highest BCUT2D eigenvalue weighted by molar-refractivity contribution is 5.76. The lowest BCUT2D eigenvalue weighted by Crippen LogP contribution is -2.45. The minimum atomic E-state index is 0.211. The minimum absolute atomic E-state index is 0.211. The van der Waals surface area contributed by atoms with Crippen molar-refractivity contribution >= 4 is 5.91 Å². The third-order valence-corrected chi connectivity index (χ3v) is 4.45. The molecule has 19 heavy (non-hydrogen) atoms. The van der Waals surface area contributed by atoms with Gasteiger partial charge in [-0.15, -0.1) is 0 Å². The topological polar surface area (TPSA) is 44.4 Å². The molecular weight excluding hydrogens is 238 g/mol. The van der Waals surface area contributed by atoms with E-state index in [0.29, 0.717) is 18.5 Å². The molecule has 2 aliphatic rings. The molecule has 2 unspecified atom stereocenters. The molecule has 4 nitrogen and oxygen atoms in total. The van der Waals surface area contributed by atoms with Gasteiger partial charge in [0.1, 0.15) is 0 Å². The average molecular weight is 267 g/mol. The van der Waals surface area contributed by atoms with Crippen LogP contribution in [0.25, 0.3) is 0 Å². The number of carbonyl (C=O) groups excluding carboxylic acids is 1. The molecule has 2 atom stereocenters. The summed E-state index contributed by atoms with van der Waals surface area (Å²) in [6.07, 6.45) is 8.29. The smallest absolute Gasteiger partial charge is 0.221 e. The van der Waals surface area contributed by atoms with Crippen LogP contribution in [0.4, 0.5) is 0 Å². The van der Waals surface area contributed by atoms with E-state index in [0.717, 1.165) is 19.5 Å². The minimum Gasteiger partial charge on any atom is -0.354 e. The van der Waals surface area contributed by atoms with E-state index in [4.69, 9.17) is 0 Å². The van der Waals surface area contributed by atoms with Crippen LogP contribution in [0.2, 0.25) is 0 Å². The molecule has 0 aliphatic carbocycles. The molecule has 0 aromatic heterocycles. The second-order valence-electron chi connectivity index (χ2n) is 6.10. The molecule has 4 heteroatoms. The summed E-state index contributed by atoms with van der Waals surface area (Å²) >= 11 is 0. The zero-order chi connectivity index (χ0) is 13.5. The Balaban J connectivity index is 1.61. The Morgan fingerprint density at radius 3 is 2.74 bits per heavy atom. The number of nitrogens with zero attached hydrogens (tertiary/aromatic N) is 1. The van der Waals surface area contributed by atoms with Crippen LogP contribution in [0.5, 0.6) is 0 Å². The summed E-state index contributed by atoms with van der Waals surface area (Å²) in [7, 11) is 0. The first-order valence-corrected chi connectivity index (χ1v) is 8.00. The van der Waals surface area contributed by atoms with Gasteiger partial charge in [-0.2, -0.15) is 0 Å². The van der Waals surface area contributed by atoms with Gasteiger partial charge in [0, 0.05) is 25.0 Å². The predicted octanol–water partition coefficient (Wildman–Crippen LogP) is 1.51. The molecule has 2 saturated heterocycles. The van der Waals surface area contributed by atoms with Crippen LogP contribution in [-0.2, 0) is 4.79 Å². The van der Waals surface area contributed by atoms with E-state index < -0.39 is 0 Å². The van der Waals surface area contributed by atoms with Crippen molar-refractivity contribution in [3.63, 3.8) is 0 Å². The molecule has 2 rings (SSSR count). The SMILES string of the molecule is CC(CNC(=O)CC1CCCCN1)N1CCCCC1. The molecular formula is C15H29N3O. The van der Waals surface area contributed by atoms with Crippen LogP contribution in [0.1, 0.15) is 51.9 Å². The number of likely N-dealkylation sites (tertiary alicyclic amines) is 1. The number of rotatable bonds is 5. The molecule has 1 amide bonds. The van der Waals surface area contributed by atoms with Gasteiger partial charge in [-0.3, -0.25) is 9.69 Å². The fourth-order valence-electron chi connectivity index (χ4n) is 3.14. The molecule has 0 spiro atoms. The molecule has 110 valence electrons. The van der Waals surface area contributed by atoms with E-state index in [1.54, 1.807) is 0 Å². The van der Waals surface area contributed by atoms with Gasteiger partial charge in [0.2, 0.25) is 5.91 Å². The lowest BCUT2D eigenvalue weighted by molar-refractivity contribution is -0.121. The number of hydrogen-bond acceptors (Lipinski definition) is 3. The van der Waals surface area contributed by atoms with Gasteiger partial charge in [-0.25, -0.2) is 0 Å². The summed E-state index contributed by atoms with van der Waals surface area (Å²) in [6, 6.07) is 0.877. The molecule has 2 heterocycles. The standard InChI is InChI=1S/C15H29N3O/c1-13(18-9-5-2-6-10-18)12-17-15(19)11-14-7-3-4-8-16-14/h13-14,16H,2-12H2,1H3,(H,17,19). The highest BCUT2D eigenvalue weighted by atomic mass is 16.1. The van der Waals surface area contributed by atoms with Crippen molar-refractivity contribution in [1.82, 2.24) is 15.5 Å². The van der Waals surface area contributed by atoms with Crippen molar-refractivity contribution in [1.29, 1.82) is 0 Å². The molecule has 0 bridgehead atoms. The van der Waals surface area contributed by atoms with Crippen molar-refractivity contribution in [2.45, 2.75) is 64.0 Å². The Morgan fingerprint density at radius 2 is 2.05 bits per heavy atom. The van der Waals surface area contributed by atoms with E-state index in [2.05, 4.69) is 22.5 Å². The summed E-state index contributed by atoms with van der Waals surface area (Å²) < 4.78 is 0. The fraction of sp³-hybridized carbons (Fsp3) is 0.933. The summed E-state index contributed by atoms with van der Waals surface area (Å²) in [4.78, 5) is 14.4. The van der Waals surface area contributed by atoms with Crippen LogP contribution < -0.4 is 10.6 Å². The maximum atomic E-state index is 11.9.